The van der Waals surface area contributed by atoms with Crippen LogP contribution in [0.4, 0.5) is 0 Å². The Morgan fingerprint density at radius 1 is 1.07 bits per heavy atom. The van der Waals surface area contributed by atoms with Crippen LogP contribution in [0.25, 0.3) is 0 Å². The quantitative estimate of drug-likeness (QED) is 0.587. The zero-order chi connectivity index (χ0) is 11.1. The summed E-state index contributed by atoms with van der Waals surface area (Å²) < 4.78 is 0. The molecule has 0 aromatic rings. The van der Waals surface area contributed by atoms with E-state index in [0.717, 1.165) is 18.4 Å². The maximum absolute atomic E-state index is 11.2. The average Bonchev–Trinajstić information content (AvgIpc) is 2.02. The molecule has 0 saturated heterocycles. The number of carbonyl (C=O) groups excluding carboxylic acids is 2. The molecule has 0 rings (SSSR count). The molecule has 80 valence electrons. The van der Waals surface area contributed by atoms with Crippen molar-refractivity contribution < 1.29 is 9.59 Å². The van der Waals surface area contributed by atoms with Gasteiger partial charge in [0.1, 0.15) is 11.6 Å². The van der Waals surface area contributed by atoms with Crippen LogP contribution in [0.15, 0.2) is 12.2 Å². The van der Waals surface area contributed by atoms with Gasteiger partial charge in [0, 0.05) is 12.3 Å². The van der Waals surface area contributed by atoms with E-state index < -0.39 is 0 Å². The Hall–Kier alpha value is -0.920. The monoisotopic (exact) mass is 196 g/mol. The van der Waals surface area contributed by atoms with Crippen LogP contribution in [0.3, 0.4) is 0 Å². The van der Waals surface area contributed by atoms with Gasteiger partial charge in [-0.3, -0.25) is 4.79 Å². The summed E-state index contributed by atoms with van der Waals surface area (Å²) in [6, 6.07) is 0. The van der Waals surface area contributed by atoms with E-state index in [1.807, 2.05) is 6.92 Å². The highest BCUT2D eigenvalue weighted by molar-refractivity contribution is 5.80. The van der Waals surface area contributed by atoms with Crippen molar-refractivity contribution in [2.75, 3.05) is 0 Å². The van der Waals surface area contributed by atoms with Crippen LogP contribution in [-0.4, -0.2) is 11.6 Å². The Kier molecular flexibility index (Phi) is 6.09. The highest BCUT2D eigenvalue weighted by Crippen LogP contribution is 2.17. The van der Waals surface area contributed by atoms with Gasteiger partial charge in [-0.15, -0.1) is 6.58 Å². The molecule has 0 aromatic carbocycles. The smallest absolute Gasteiger partial charge is 0.132 e. The summed E-state index contributed by atoms with van der Waals surface area (Å²) in [4.78, 5) is 22.0. The van der Waals surface area contributed by atoms with Crippen molar-refractivity contribution in [3.8, 4) is 0 Å². The van der Waals surface area contributed by atoms with Crippen LogP contribution in [0.1, 0.15) is 46.5 Å². The first-order valence-corrected chi connectivity index (χ1v) is 5.07. The Morgan fingerprint density at radius 2 is 1.57 bits per heavy atom. The van der Waals surface area contributed by atoms with Crippen molar-refractivity contribution in [3.05, 3.63) is 12.2 Å². The van der Waals surface area contributed by atoms with Crippen molar-refractivity contribution in [2.45, 2.75) is 46.5 Å². The predicted octanol–water partition coefficient (Wildman–Crippen LogP) is 2.92. The van der Waals surface area contributed by atoms with Crippen LogP contribution < -0.4 is 0 Å². The molecule has 0 radical (unpaired) electrons. The second-order valence-corrected chi connectivity index (χ2v) is 4.04. The van der Waals surface area contributed by atoms with Gasteiger partial charge in [0.25, 0.3) is 0 Å². The lowest BCUT2D eigenvalue weighted by molar-refractivity contribution is -0.121. The zero-order valence-corrected chi connectivity index (χ0v) is 9.43. The van der Waals surface area contributed by atoms with Crippen molar-refractivity contribution in [1.82, 2.24) is 0 Å². The van der Waals surface area contributed by atoms with Crippen LogP contribution in [-0.2, 0) is 9.59 Å². The number of carbonyl (C=O) groups is 2. The highest BCUT2D eigenvalue weighted by atomic mass is 16.1. The third-order valence-electron chi connectivity index (χ3n) is 2.34. The molecule has 0 N–H and O–H groups in total. The molecule has 2 heteroatoms. The lowest BCUT2D eigenvalue weighted by Gasteiger charge is -2.12. The predicted molar refractivity (Wildman–Crippen MR) is 58.1 cm³/mol. The molecule has 0 aromatic heterocycles. The van der Waals surface area contributed by atoms with Crippen LogP contribution in [0.2, 0.25) is 0 Å². The molecule has 14 heavy (non-hydrogen) atoms. The van der Waals surface area contributed by atoms with Gasteiger partial charge in [-0.2, -0.15) is 0 Å². The number of ketones is 2. The van der Waals surface area contributed by atoms with Crippen molar-refractivity contribution >= 4 is 11.6 Å². The second-order valence-electron chi connectivity index (χ2n) is 4.04. The Labute approximate surface area is 86.4 Å². The fourth-order valence-electron chi connectivity index (χ4n) is 1.35. The number of allylic oxidation sites excluding steroid dienone is 1. The highest BCUT2D eigenvalue weighted by Gasteiger charge is 2.14. The topological polar surface area (TPSA) is 34.1 Å². The molecule has 0 amide bonds. The van der Waals surface area contributed by atoms with E-state index in [0.29, 0.717) is 12.8 Å². The maximum atomic E-state index is 11.2. The van der Waals surface area contributed by atoms with Crippen LogP contribution in [0, 0.1) is 5.92 Å². The fraction of sp³-hybridized carbons (Fsp3) is 0.667. The molecular formula is C12H20O2. The molecule has 1 unspecified atom stereocenters. The number of hydrogen-bond acceptors (Lipinski definition) is 2. The van der Waals surface area contributed by atoms with Gasteiger partial charge in [-0.05, 0) is 40.0 Å². The summed E-state index contributed by atoms with van der Waals surface area (Å²) in [5.74, 6) is 0.384. The summed E-state index contributed by atoms with van der Waals surface area (Å²) >= 11 is 0. The first-order chi connectivity index (χ1) is 6.43. The van der Waals surface area contributed by atoms with Crippen LogP contribution in [0.5, 0.6) is 0 Å². The van der Waals surface area contributed by atoms with E-state index in [1.165, 1.54) is 0 Å². The SMILES string of the molecule is C=C(C)CCC(CCC(C)=O)C(C)=O. The van der Waals surface area contributed by atoms with E-state index in [4.69, 9.17) is 0 Å². The zero-order valence-electron chi connectivity index (χ0n) is 9.43. The minimum atomic E-state index is 0.0376. The molecular weight excluding hydrogens is 176 g/mol. The number of hydrogen-bond donors (Lipinski definition) is 0. The summed E-state index contributed by atoms with van der Waals surface area (Å²) in [7, 11) is 0. The molecule has 0 aliphatic carbocycles. The van der Waals surface area contributed by atoms with E-state index in [1.54, 1.807) is 13.8 Å². The van der Waals surface area contributed by atoms with Crippen molar-refractivity contribution in [1.29, 1.82) is 0 Å². The molecule has 1 atom stereocenters. The summed E-state index contributed by atoms with van der Waals surface area (Å²) in [5, 5.41) is 0. The van der Waals surface area contributed by atoms with E-state index in [-0.39, 0.29) is 17.5 Å². The van der Waals surface area contributed by atoms with Crippen LogP contribution >= 0.6 is 0 Å². The van der Waals surface area contributed by atoms with Gasteiger partial charge in [0.15, 0.2) is 0 Å². The fourth-order valence-corrected chi connectivity index (χ4v) is 1.35. The van der Waals surface area contributed by atoms with Gasteiger partial charge in [0.2, 0.25) is 0 Å². The maximum Gasteiger partial charge on any atom is 0.132 e. The number of Topliss-reactive ketones (excluding diaryl/α,β-unsaturated/α-hetero) is 2. The molecule has 0 heterocycles. The number of rotatable bonds is 7. The Morgan fingerprint density at radius 3 is 1.93 bits per heavy atom. The minimum absolute atomic E-state index is 0.0376. The average molecular weight is 196 g/mol. The first-order valence-electron chi connectivity index (χ1n) is 5.07. The lowest BCUT2D eigenvalue weighted by atomic mass is 9.92. The summed E-state index contributed by atoms with van der Waals surface area (Å²) in [5.41, 5.74) is 1.10. The first kappa shape index (κ1) is 13.1. The van der Waals surface area contributed by atoms with E-state index >= 15 is 0 Å². The van der Waals surface area contributed by atoms with Gasteiger partial charge >= 0.3 is 0 Å². The molecule has 2 nitrogen and oxygen atoms in total. The molecule has 0 bridgehead atoms. The standard InChI is InChI=1S/C12H20O2/c1-9(2)5-7-12(11(4)14)8-6-10(3)13/h12H,1,5-8H2,2-4H3. The van der Waals surface area contributed by atoms with Gasteiger partial charge in [-0.1, -0.05) is 5.57 Å². The van der Waals surface area contributed by atoms with Gasteiger partial charge in [-0.25, -0.2) is 0 Å². The summed E-state index contributed by atoms with van der Waals surface area (Å²) in [6.45, 7) is 8.93. The van der Waals surface area contributed by atoms with Gasteiger partial charge < -0.3 is 4.79 Å². The second kappa shape index (κ2) is 6.52. The lowest BCUT2D eigenvalue weighted by Crippen LogP contribution is -2.12. The molecule has 0 spiro atoms. The normalized spacial score (nSPS) is 12.2. The van der Waals surface area contributed by atoms with E-state index in [9.17, 15) is 9.59 Å². The third kappa shape index (κ3) is 6.58. The molecule has 0 saturated carbocycles. The molecule has 0 fully saturated rings. The van der Waals surface area contributed by atoms with E-state index in [2.05, 4.69) is 6.58 Å². The minimum Gasteiger partial charge on any atom is -0.300 e. The molecule has 0 aliphatic heterocycles. The Bertz CT molecular complexity index is 210. The van der Waals surface area contributed by atoms with Crippen molar-refractivity contribution in [3.63, 3.8) is 0 Å². The Balaban J connectivity index is 3.96. The van der Waals surface area contributed by atoms with Gasteiger partial charge in [0.05, 0.1) is 0 Å². The largest absolute Gasteiger partial charge is 0.300 e. The van der Waals surface area contributed by atoms with Crippen molar-refractivity contribution in [2.24, 2.45) is 5.92 Å². The molecule has 0 aliphatic rings. The third-order valence-corrected chi connectivity index (χ3v) is 2.34. The summed E-state index contributed by atoms with van der Waals surface area (Å²) in [6.07, 6.45) is 2.92.